The Morgan fingerprint density at radius 3 is 2.71 bits per heavy atom. The van der Waals surface area contributed by atoms with Crippen LogP contribution in [0.5, 0.6) is 5.75 Å². The number of H-pyrrole nitrogens is 2. The Labute approximate surface area is 123 Å². The highest BCUT2D eigenvalue weighted by Crippen LogP contribution is 2.35. The molecule has 8 nitrogen and oxygen atoms in total. The van der Waals surface area contributed by atoms with E-state index in [1.165, 1.54) is 7.11 Å². The van der Waals surface area contributed by atoms with E-state index in [4.69, 9.17) is 27.8 Å². The number of aromatic nitrogens is 4. The number of fused-ring (bicyclic) bond motifs is 1. The second-order valence-electron chi connectivity index (χ2n) is 4.31. The van der Waals surface area contributed by atoms with Crippen LogP contribution in [0.1, 0.15) is 0 Å². The monoisotopic (exact) mass is 306 g/mol. The fourth-order valence-corrected chi connectivity index (χ4v) is 2.14. The van der Waals surface area contributed by atoms with E-state index in [1.54, 1.807) is 12.1 Å². The maximum Gasteiger partial charge on any atom is 0.278 e. The van der Waals surface area contributed by atoms with E-state index in [0.717, 1.165) is 0 Å². The molecule has 21 heavy (non-hydrogen) atoms. The molecule has 2 aromatic heterocycles. The Kier molecular flexibility index (Phi) is 2.95. The third-order valence-corrected chi connectivity index (χ3v) is 3.28. The lowest BCUT2D eigenvalue weighted by Crippen LogP contribution is -2.10. The molecule has 0 saturated carbocycles. The van der Waals surface area contributed by atoms with Gasteiger partial charge in [0, 0.05) is 6.07 Å². The molecule has 0 radical (unpaired) electrons. The smallest absolute Gasteiger partial charge is 0.278 e. The molecule has 0 saturated heterocycles. The molecular formula is C12H11ClN6O2. The first kappa shape index (κ1) is 13.3. The van der Waals surface area contributed by atoms with Crippen LogP contribution >= 0.6 is 11.6 Å². The lowest BCUT2D eigenvalue weighted by atomic mass is 10.1. The number of aromatic amines is 2. The normalized spacial score (nSPS) is 11.0. The highest BCUT2D eigenvalue weighted by Gasteiger charge is 2.15. The molecule has 0 aliphatic heterocycles. The molecule has 0 unspecified atom stereocenters. The van der Waals surface area contributed by atoms with Crippen molar-refractivity contribution < 1.29 is 4.74 Å². The van der Waals surface area contributed by atoms with Crippen molar-refractivity contribution in [3.63, 3.8) is 0 Å². The largest absolute Gasteiger partial charge is 0.496 e. The number of nitrogen functional groups attached to an aromatic ring is 2. The van der Waals surface area contributed by atoms with Crippen LogP contribution in [0.15, 0.2) is 16.9 Å². The van der Waals surface area contributed by atoms with Crippen LogP contribution in [0.3, 0.4) is 0 Å². The third-order valence-electron chi connectivity index (χ3n) is 2.95. The Morgan fingerprint density at radius 1 is 1.24 bits per heavy atom. The summed E-state index contributed by atoms with van der Waals surface area (Å²) in [6.07, 6.45) is 0. The first-order valence-electron chi connectivity index (χ1n) is 5.88. The molecule has 3 aromatic rings. The number of benzene rings is 1. The lowest BCUT2D eigenvalue weighted by molar-refractivity contribution is 0.416. The predicted octanol–water partition coefficient (Wildman–Crippen LogP) is 1.14. The zero-order chi connectivity index (χ0) is 15.1. The summed E-state index contributed by atoms with van der Waals surface area (Å²) in [5.41, 5.74) is 12.2. The fourth-order valence-electron chi connectivity index (χ4n) is 1.97. The number of ether oxygens (including phenoxy) is 1. The summed E-state index contributed by atoms with van der Waals surface area (Å²) in [4.78, 5) is 25.3. The van der Waals surface area contributed by atoms with Crippen LogP contribution in [0.4, 0.5) is 11.6 Å². The highest BCUT2D eigenvalue weighted by molar-refractivity contribution is 6.33. The van der Waals surface area contributed by atoms with Gasteiger partial charge in [-0.3, -0.25) is 9.78 Å². The first-order chi connectivity index (χ1) is 9.99. The number of halogens is 1. The molecule has 0 atom stereocenters. The van der Waals surface area contributed by atoms with E-state index in [0.29, 0.717) is 27.8 Å². The molecule has 2 heterocycles. The Balaban J connectivity index is 2.28. The Bertz CT molecular complexity index is 901. The third kappa shape index (κ3) is 2.15. The van der Waals surface area contributed by atoms with Crippen molar-refractivity contribution in [2.24, 2.45) is 0 Å². The van der Waals surface area contributed by atoms with Gasteiger partial charge < -0.3 is 21.2 Å². The SMILES string of the molecule is COc1cc(N)c(Cl)cc1-c1nc2nc(N)[nH]c(=O)c2[nH]1. The average molecular weight is 307 g/mol. The maximum atomic E-state index is 11.8. The predicted molar refractivity (Wildman–Crippen MR) is 80.3 cm³/mol. The van der Waals surface area contributed by atoms with E-state index >= 15 is 0 Å². The molecule has 9 heteroatoms. The van der Waals surface area contributed by atoms with Crippen LogP contribution in [0.2, 0.25) is 5.02 Å². The molecule has 0 fully saturated rings. The molecular weight excluding hydrogens is 296 g/mol. The molecule has 0 bridgehead atoms. The molecule has 0 spiro atoms. The molecule has 0 aliphatic carbocycles. The minimum absolute atomic E-state index is 0.00662. The number of hydrogen-bond acceptors (Lipinski definition) is 6. The number of hydrogen-bond donors (Lipinski definition) is 4. The van der Waals surface area contributed by atoms with Gasteiger partial charge in [-0.25, -0.2) is 4.98 Å². The molecule has 0 aliphatic rings. The Morgan fingerprint density at radius 2 is 2.00 bits per heavy atom. The van der Waals surface area contributed by atoms with Crippen LogP contribution in [-0.2, 0) is 0 Å². The minimum atomic E-state index is -0.406. The molecule has 108 valence electrons. The number of nitrogens with zero attached hydrogens (tertiary/aromatic N) is 2. The second-order valence-corrected chi connectivity index (χ2v) is 4.72. The average Bonchev–Trinajstić information content (AvgIpc) is 2.85. The zero-order valence-corrected chi connectivity index (χ0v) is 11.7. The van der Waals surface area contributed by atoms with Gasteiger partial charge >= 0.3 is 0 Å². The van der Waals surface area contributed by atoms with Crippen LogP contribution in [0, 0.1) is 0 Å². The maximum absolute atomic E-state index is 11.8. The van der Waals surface area contributed by atoms with Gasteiger partial charge in [0.1, 0.15) is 11.6 Å². The van der Waals surface area contributed by atoms with Crippen molar-refractivity contribution in [2.45, 2.75) is 0 Å². The van der Waals surface area contributed by atoms with Gasteiger partial charge in [0.05, 0.1) is 23.4 Å². The van der Waals surface area contributed by atoms with Crippen molar-refractivity contribution in [3.8, 4) is 17.1 Å². The number of imidazole rings is 1. The number of rotatable bonds is 2. The molecule has 6 N–H and O–H groups in total. The van der Waals surface area contributed by atoms with Crippen molar-refractivity contribution in [2.75, 3.05) is 18.6 Å². The van der Waals surface area contributed by atoms with E-state index in [-0.39, 0.29) is 17.1 Å². The summed E-state index contributed by atoms with van der Waals surface area (Å²) in [5, 5.41) is 0.354. The molecule has 3 rings (SSSR count). The van der Waals surface area contributed by atoms with E-state index in [2.05, 4.69) is 19.9 Å². The Hall–Kier alpha value is -2.74. The standard InChI is InChI=1S/C12H11ClN6O2/c1-21-7-3-6(14)5(13)2-4(7)9-16-8-10(17-9)18-12(15)19-11(8)20/h2-3H,14H2,1H3,(H4,15,16,17,18,19,20). The quantitative estimate of drug-likeness (QED) is 0.524. The van der Waals surface area contributed by atoms with Crippen LogP contribution in [0.25, 0.3) is 22.6 Å². The number of nitrogens with two attached hydrogens (primary N) is 2. The highest BCUT2D eigenvalue weighted by atomic mass is 35.5. The van der Waals surface area contributed by atoms with Gasteiger partial charge in [-0.1, -0.05) is 11.6 Å². The number of nitrogens with one attached hydrogen (secondary N) is 2. The van der Waals surface area contributed by atoms with Crippen LogP contribution < -0.4 is 21.8 Å². The van der Waals surface area contributed by atoms with Gasteiger partial charge in [-0.15, -0.1) is 0 Å². The van der Waals surface area contributed by atoms with Gasteiger partial charge in [-0.05, 0) is 6.07 Å². The van der Waals surface area contributed by atoms with Gasteiger partial charge in [0.2, 0.25) is 5.95 Å². The topological polar surface area (TPSA) is 136 Å². The van der Waals surface area contributed by atoms with Gasteiger partial charge in [-0.2, -0.15) is 4.98 Å². The zero-order valence-electron chi connectivity index (χ0n) is 10.9. The molecule has 0 amide bonds. The summed E-state index contributed by atoms with van der Waals surface area (Å²) in [6.45, 7) is 0. The van der Waals surface area contributed by atoms with E-state index in [9.17, 15) is 4.79 Å². The fraction of sp³-hybridized carbons (Fsp3) is 0.0833. The van der Waals surface area contributed by atoms with Crippen molar-refractivity contribution in [1.82, 2.24) is 19.9 Å². The lowest BCUT2D eigenvalue weighted by Gasteiger charge is -2.08. The second kappa shape index (κ2) is 4.67. The summed E-state index contributed by atoms with van der Waals surface area (Å²) in [5.74, 6) is 0.848. The number of anilines is 2. The van der Waals surface area contributed by atoms with Crippen LogP contribution in [-0.4, -0.2) is 27.0 Å². The first-order valence-corrected chi connectivity index (χ1v) is 6.26. The van der Waals surface area contributed by atoms with Crippen molar-refractivity contribution in [1.29, 1.82) is 0 Å². The number of methoxy groups -OCH3 is 1. The van der Waals surface area contributed by atoms with Crippen molar-refractivity contribution in [3.05, 3.63) is 27.5 Å². The van der Waals surface area contributed by atoms with Gasteiger partial charge in [0.25, 0.3) is 5.56 Å². The summed E-state index contributed by atoms with van der Waals surface area (Å²) < 4.78 is 5.26. The van der Waals surface area contributed by atoms with E-state index < -0.39 is 5.56 Å². The van der Waals surface area contributed by atoms with Crippen molar-refractivity contribution >= 4 is 34.4 Å². The summed E-state index contributed by atoms with van der Waals surface area (Å²) in [7, 11) is 1.50. The summed E-state index contributed by atoms with van der Waals surface area (Å²) >= 11 is 6.02. The van der Waals surface area contributed by atoms with E-state index in [1.807, 2.05) is 0 Å². The summed E-state index contributed by atoms with van der Waals surface area (Å²) in [6, 6.07) is 3.18. The molecule has 1 aromatic carbocycles. The van der Waals surface area contributed by atoms with Gasteiger partial charge in [0.15, 0.2) is 11.2 Å². The minimum Gasteiger partial charge on any atom is -0.496 e.